The van der Waals surface area contributed by atoms with Crippen LogP contribution in [-0.4, -0.2) is 17.7 Å². The molecule has 1 aliphatic rings. The molecule has 0 amide bonds. The number of halogens is 1. The van der Waals surface area contributed by atoms with Gasteiger partial charge in [-0.25, -0.2) is 9.59 Å². The number of rotatable bonds is 2. The van der Waals surface area contributed by atoms with Gasteiger partial charge in [0.2, 0.25) is 0 Å². The number of esters is 2. The quantitative estimate of drug-likeness (QED) is 0.464. The zero-order valence-electron chi connectivity index (χ0n) is 13.4. The van der Waals surface area contributed by atoms with Crippen molar-refractivity contribution in [2.45, 2.75) is 26.6 Å². The lowest BCUT2D eigenvalue weighted by atomic mass is 10.1. The van der Waals surface area contributed by atoms with Gasteiger partial charge in [0, 0.05) is 30.5 Å². The third-order valence-electron chi connectivity index (χ3n) is 3.49. The summed E-state index contributed by atoms with van der Waals surface area (Å²) in [6.07, 6.45) is 1.30. The van der Waals surface area contributed by atoms with Gasteiger partial charge >= 0.3 is 11.9 Å². The fourth-order valence-electron chi connectivity index (χ4n) is 2.25. The van der Waals surface area contributed by atoms with Crippen molar-refractivity contribution in [2.75, 3.05) is 0 Å². The number of hydrogen-bond donors (Lipinski definition) is 0. The van der Waals surface area contributed by atoms with Crippen LogP contribution < -0.4 is 0 Å². The number of hydrogen-bond acceptors (Lipinski definition) is 5. The molecule has 2 aromatic rings. The molecule has 1 saturated heterocycles. The van der Waals surface area contributed by atoms with Crippen molar-refractivity contribution in [3.05, 3.63) is 52.3 Å². The largest absolute Gasteiger partial charge is 0.457 e. The summed E-state index contributed by atoms with van der Waals surface area (Å²) in [6, 6.07) is 8.93. The van der Waals surface area contributed by atoms with Crippen molar-refractivity contribution < 1.29 is 23.5 Å². The fourth-order valence-corrected chi connectivity index (χ4v) is 2.43. The zero-order valence-corrected chi connectivity index (χ0v) is 14.1. The summed E-state index contributed by atoms with van der Waals surface area (Å²) in [5, 5.41) is 0.630. The molecule has 1 aromatic carbocycles. The van der Waals surface area contributed by atoms with Crippen LogP contribution in [0.4, 0.5) is 0 Å². The van der Waals surface area contributed by atoms with E-state index in [-0.39, 0.29) is 5.57 Å². The number of carbonyl (C=O) groups is 2. The summed E-state index contributed by atoms with van der Waals surface area (Å²) in [7, 11) is 0. The number of furan rings is 1. The third kappa shape index (κ3) is 3.21. The van der Waals surface area contributed by atoms with Gasteiger partial charge in [0.25, 0.3) is 5.79 Å². The Morgan fingerprint density at radius 3 is 2.33 bits per heavy atom. The Morgan fingerprint density at radius 2 is 1.71 bits per heavy atom. The molecule has 0 spiro atoms. The summed E-state index contributed by atoms with van der Waals surface area (Å²) >= 11 is 6.12. The highest BCUT2D eigenvalue weighted by molar-refractivity contribution is 6.31. The highest BCUT2D eigenvalue weighted by Crippen LogP contribution is 2.29. The van der Waals surface area contributed by atoms with Crippen LogP contribution in [0.1, 0.15) is 25.2 Å². The van der Waals surface area contributed by atoms with Crippen LogP contribution in [0.15, 0.2) is 40.3 Å². The molecule has 5 nitrogen and oxygen atoms in total. The van der Waals surface area contributed by atoms with Gasteiger partial charge in [-0.1, -0.05) is 23.7 Å². The molecule has 0 saturated carbocycles. The van der Waals surface area contributed by atoms with Gasteiger partial charge in [0.15, 0.2) is 0 Å². The molecule has 0 N–H and O–H groups in total. The topological polar surface area (TPSA) is 65.7 Å². The third-order valence-corrected chi connectivity index (χ3v) is 3.89. The monoisotopic (exact) mass is 346 g/mol. The molecule has 0 bridgehead atoms. The Morgan fingerprint density at radius 1 is 1.04 bits per heavy atom. The first kappa shape index (κ1) is 16.3. The minimum absolute atomic E-state index is 0.211. The summed E-state index contributed by atoms with van der Waals surface area (Å²) in [6.45, 7) is 4.89. The van der Waals surface area contributed by atoms with Gasteiger partial charge in [0.1, 0.15) is 17.1 Å². The second-order valence-electron chi connectivity index (χ2n) is 5.90. The van der Waals surface area contributed by atoms with E-state index in [2.05, 4.69) is 0 Å². The Hall–Kier alpha value is -2.53. The maximum Gasteiger partial charge on any atom is 0.348 e. The summed E-state index contributed by atoms with van der Waals surface area (Å²) in [5.41, 5.74) is 1.55. The molecular formula is C18H15ClO5. The van der Waals surface area contributed by atoms with E-state index in [9.17, 15) is 9.59 Å². The van der Waals surface area contributed by atoms with E-state index in [1.165, 1.54) is 19.9 Å². The van der Waals surface area contributed by atoms with Crippen molar-refractivity contribution in [3.8, 4) is 11.3 Å². The Bertz CT molecular complexity index is 838. The molecule has 124 valence electrons. The van der Waals surface area contributed by atoms with E-state index in [4.69, 9.17) is 25.5 Å². The van der Waals surface area contributed by atoms with Crippen LogP contribution in [0, 0.1) is 6.92 Å². The summed E-state index contributed by atoms with van der Waals surface area (Å²) < 4.78 is 15.7. The molecule has 3 rings (SSSR count). The number of ether oxygens (including phenoxy) is 2. The minimum atomic E-state index is -1.27. The summed E-state index contributed by atoms with van der Waals surface area (Å²) in [4.78, 5) is 23.9. The number of carbonyl (C=O) groups excluding carboxylic acids is 2. The maximum atomic E-state index is 11.9. The smallest absolute Gasteiger partial charge is 0.348 e. The van der Waals surface area contributed by atoms with E-state index in [1.54, 1.807) is 18.2 Å². The molecule has 6 heteroatoms. The van der Waals surface area contributed by atoms with Gasteiger partial charge in [-0.05, 0) is 30.7 Å². The summed E-state index contributed by atoms with van der Waals surface area (Å²) in [5.74, 6) is -1.84. The van der Waals surface area contributed by atoms with Crippen LogP contribution in [0.5, 0.6) is 0 Å². The first-order valence-electron chi connectivity index (χ1n) is 7.30. The van der Waals surface area contributed by atoms with E-state index in [0.717, 1.165) is 11.1 Å². The average molecular weight is 347 g/mol. The Kier molecular flexibility index (Phi) is 3.97. The predicted molar refractivity (Wildman–Crippen MR) is 88.1 cm³/mol. The molecule has 0 aliphatic carbocycles. The standard InChI is InChI=1S/C18H15ClO5/c1-10-4-5-11(8-14(10)19)15-7-6-12(22-15)9-13-16(20)23-18(2,3)24-17(13)21/h4-9H,1-3H3. The molecule has 0 atom stereocenters. The van der Waals surface area contributed by atoms with Crippen LogP contribution in [-0.2, 0) is 19.1 Å². The second kappa shape index (κ2) is 5.83. The van der Waals surface area contributed by atoms with Crippen LogP contribution >= 0.6 is 11.6 Å². The molecule has 1 fully saturated rings. The number of aryl methyl sites for hydroxylation is 1. The number of cyclic esters (lactones) is 2. The Labute approximate surface area is 143 Å². The minimum Gasteiger partial charge on any atom is -0.457 e. The lowest BCUT2D eigenvalue weighted by Gasteiger charge is -2.29. The predicted octanol–water partition coefficient (Wildman–Crippen LogP) is 4.13. The molecule has 1 aliphatic heterocycles. The molecule has 24 heavy (non-hydrogen) atoms. The lowest BCUT2D eigenvalue weighted by Crippen LogP contribution is -2.41. The van der Waals surface area contributed by atoms with Gasteiger partial charge in [0.05, 0.1) is 0 Å². The van der Waals surface area contributed by atoms with Crippen molar-refractivity contribution in [1.29, 1.82) is 0 Å². The average Bonchev–Trinajstić information content (AvgIpc) is 2.93. The van der Waals surface area contributed by atoms with E-state index >= 15 is 0 Å². The molecular weight excluding hydrogens is 332 g/mol. The molecule has 0 radical (unpaired) electrons. The van der Waals surface area contributed by atoms with Crippen molar-refractivity contribution in [1.82, 2.24) is 0 Å². The van der Waals surface area contributed by atoms with Crippen molar-refractivity contribution >= 4 is 29.6 Å². The Balaban J connectivity index is 1.89. The molecule has 0 unspecified atom stereocenters. The van der Waals surface area contributed by atoms with E-state index < -0.39 is 17.7 Å². The van der Waals surface area contributed by atoms with E-state index in [0.29, 0.717) is 16.5 Å². The van der Waals surface area contributed by atoms with Gasteiger partial charge in [-0.3, -0.25) is 0 Å². The second-order valence-corrected chi connectivity index (χ2v) is 6.31. The van der Waals surface area contributed by atoms with Gasteiger partial charge < -0.3 is 13.9 Å². The van der Waals surface area contributed by atoms with Crippen LogP contribution in [0.3, 0.4) is 0 Å². The normalized spacial score (nSPS) is 16.6. The maximum absolute atomic E-state index is 11.9. The highest BCUT2D eigenvalue weighted by atomic mass is 35.5. The first-order valence-corrected chi connectivity index (χ1v) is 7.68. The van der Waals surface area contributed by atoms with E-state index in [1.807, 2.05) is 19.1 Å². The van der Waals surface area contributed by atoms with Crippen LogP contribution in [0.25, 0.3) is 17.4 Å². The SMILES string of the molecule is Cc1ccc(-c2ccc(C=C3C(=O)OC(C)(C)OC3=O)o2)cc1Cl. The van der Waals surface area contributed by atoms with Gasteiger partial charge in [-0.2, -0.15) is 0 Å². The van der Waals surface area contributed by atoms with Gasteiger partial charge in [-0.15, -0.1) is 0 Å². The number of benzene rings is 1. The van der Waals surface area contributed by atoms with Crippen molar-refractivity contribution in [3.63, 3.8) is 0 Å². The molecule has 1 aromatic heterocycles. The fraction of sp³-hybridized carbons (Fsp3) is 0.222. The highest BCUT2D eigenvalue weighted by Gasteiger charge is 2.39. The van der Waals surface area contributed by atoms with Crippen LogP contribution in [0.2, 0.25) is 5.02 Å². The first-order chi connectivity index (χ1) is 11.2. The lowest BCUT2D eigenvalue weighted by molar-refractivity contribution is -0.222. The molecule has 2 heterocycles. The van der Waals surface area contributed by atoms with Crippen molar-refractivity contribution in [2.24, 2.45) is 0 Å². The zero-order chi connectivity index (χ0) is 17.5.